The molecule has 0 aromatic carbocycles. The van der Waals surface area contributed by atoms with Gasteiger partial charge in [0.15, 0.2) is 0 Å². The summed E-state index contributed by atoms with van der Waals surface area (Å²) in [5, 5.41) is 29.6. The zero-order valence-corrected chi connectivity index (χ0v) is 18.6. The summed E-state index contributed by atoms with van der Waals surface area (Å²) in [5.74, 6) is -3.88. The average molecular weight is 420 g/mol. The molecule has 29 heavy (non-hydrogen) atoms. The van der Waals surface area contributed by atoms with Crippen LogP contribution in [0.15, 0.2) is 0 Å². The highest BCUT2D eigenvalue weighted by Gasteiger charge is 2.34. The van der Waals surface area contributed by atoms with Crippen molar-refractivity contribution in [3.63, 3.8) is 0 Å². The van der Waals surface area contributed by atoms with Crippen molar-refractivity contribution < 1.29 is 34.5 Å². The molecule has 10 heteroatoms. The van der Waals surface area contributed by atoms with Gasteiger partial charge in [0.2, 0.25) is 5.91 Å². The summed E-state index contributed by atoms with van der Waals surface area (Å²) in [5.41, 5.74) is -0.752. The van der Waals surface area contributed by atoms with Crippen LogP contribution in [0.5, 0.6) is 0 Å². The zero-order chi connectivity index (χ0) is 23.4. The first-order chi connectivity index (χ1) is 13.1. The summed E-state index contributed by atoms with van der Waals surface area (Å²) >= 11 is 0. The Balaban J connectivity index is 0. The number of carboxylic acids is 3. The van der Waals surface area contributed by atoms with Crippen molar-refractivity contribution in [2.45, 2.75) is 54.0 Å². The standard InChI is InChI=1S/C17H31N3O7.C2H6/c1-16(2,3)17(4,5)18-12(21)8-19(9-13(22)23)6-7-20(10-14(24)25)11-15(26)27;1-2/h6-11H2,1-5H3,(H,18,21)(H,22,23)(H,24,25)(H,26,27);1-2H3. The highest BCUT2D eigenvalue weighted by atomic mass is 16.4. The number of aliphatic carboxylic acids is 3. The van der Waals surface area contributed by atoms with Gasteiger partial charge in [-0.3, -0.25) is 29.0 Å². The molecule has 0 bridgehead atoms. The maximum absolute atomic E-state index is 12.3. The molecule has 0 saturated carbocycles. The Morgan fingerprint density at radius 2 is 1.00 bits per heavy atom. The van der Waals surface area contributed by atoms with Gasteiger partial charge >= 0.3 is 17.9 Å². The van der Waals surface area contributed by atoms with E-state index in [-0.39, 0.29) is 31.0 Å². The van der Waals surface area contributed by atoms with Gasteiger partial charge in [-0.2, -0.15) is 0 Å². The maximum Gasteiger partial charge on any atom is 0.317 e. The van der Waals surface area contributed by atoms with E-state index in [4.69, 9.17) is 15.3 Å². The number of amides is 1. The van der Waals surface area contributed by atoms with E-state index in [2.05, 4.69) is 5.32 Å². The van der Waals surface area contributed by atoms with E-state index in [1.807, 2.05) is 48.5 Å². The molecule has 170 valence electrons. The summed E-state index contributed by atoms with van der Waals surface area (Å²) in [6.07, 6.45) is 0. The molecule has 0 aromatic rings. The first kappa shape index (κ1) is 29.0. The highest BCUT2D eigenvalue weighted by molar-refractivity contribution is 5.79. The van der Waals surface area contributed by atoms with Crippen LogP contribution in [-0.4, -0.2) is 93.7 Å². The minimum absolute atomic E-state index is 0.00181. The third-order valence-electron chi connectivity index (χ3n) is 4.50. The average Bonchev–Trinajstić information content (AvgIpc) is 2.51. The van der Waals surface area contributed by atoms with Gasteiger partial charge in [-0.1, -0.05) is 34.6 Å². The lowest BCUT2D eigenvalue weighted by atomic mass is 9.76. The van der Waals surface area contributed by atoms with Crippen molar-refractivity contribution >= 4 is 23.8 Å². The zero-order valence-electron chi connectivity index (χ0n) is 18.6. The third kappa shape index (κ3) is 13.6. The van der Waals surface area contributed by atoms with Gasteiger partial charge in [0.1, 0.15) is 0 Å². The second kappa shape index (κ2) is 13.1. The number of nitrogens with zero attached hydrogens (tertiary/aromatic N) is 2. The van der Waals surface area contributed by atoms with Crippen molar-refractivity contribution in [3.8, 4) is 0 Å². The van der Waals surface area contributed by atoms with E-state index in [1.165, 1.54) is 4.90 Å². The van der Waals surface area contributed by atoms with E-state index >= 15 is 0 Å². The molecule has 1 amide bonds. The van der Waals surface area contributed by atoms with Gasteiger partial charge in [-0.25, -0.2) is 0 Å². The highest BCUT2D eigenvalue weighted by Crippen LogP contribution is 2.29. The van der Waals surface area contributed by atoms with Gasteiger partial charge < -0.3 is 20.6 Å². The lowest BCUT2D eigenvalue weighted by Gasteiger charge is -2.40. The van der Waals surface area contributed by atoms with E-state index in [1.54, 1.807) is 0 Å². The largest absolute Gasteiger partial charge is 0.480 e. The number of carbonyl (C=O) groups excluding carboxylic acids is 1. The first-order valence-corrected chi connectivity index (χ1v) is 9.55. The Morgan fingerprint density at radius 3 is 1.28 bits per heavy atom. The molecular weight excluding hydrogens is 382 g/mol. The van der Waals surface area contributed by atoms with Gasteiger partial charge in [0.25, 0.3) is 0 Å². The smallest absolute Gasteiger partial charge is 0.317 e. The molecule has 0 unspecified atom stereocenters. The van der Waals surface area contributed by atoms with Crippen LogP contribution in [0.4, 0.5) is 0 Å². The topological polar surface area (TPSA) is 147 Å². The number of hydrogen-bond donors (Lipinski definition) is 4. The summed E-state index contributed by atoms with van der Waals surface area (Å²) in [4.78, 5) is 47.6. The van der Waals surface area contributed by atoms with E-state index in [9.17, 15) is 19.2 Å². The second-order valence-corrected chi connectivity index (χ2v) is 8.03. The molecule has 0 saturated heterocycles. The molecule has 10 nitrogen and oxygen atoms in total. The first-order valence-electron chi connectivity index (χ1n) is 9.55. The minimum atomic E-state index is -1.19. The molecule has 0 aliphatic rings. The molecule has 0 aliphatic carbocycles. The van der Waals surface area contributed by atoms with Crippen molar-refractivity contribution in [1.29, 1.82) is 0 Å². The van der Waals surface area contributed by atoms with Crippen LogP contribution in [0.3, 0.4) is 0 Å². The monoisotopic (exact) mass is 419 g/mol. The normalized spacial score (nSPS) is 11.6. The van der Waals surface area contributed by atoms with E-state index < -0.39 is 43.1 Å². The fourth-order valence-corrected chi connectivity index (χ4v) is 2.06. The Morgan fingerprint density at radius 1 is 0.690 bits per heavy atom. The van der Waals surface area contributed by atoms with Crippen LogP contribution >= 0.6 is 0 Å². The molecule has 0 atom stereocenters. The molecule has 4 N–H and O–H groups in total. The Bertz CT molecular complexity index is 540. The molecule has 0 rings (SSSR count). The lowest BCUT2D eigenvalue weighted by molar-refractivity contribution is -0.143. The number of nitrogens with one attached hydrogen (secondary N) is 1. The van der Waals surface area contributed by atoms with Crippen molar-refractivity contribution in [2.75, 3.05) is 39.3 Å². The van der Waals surface area contributed by atoms with Gasteiger partial charge in [0, 0.05) is 18.6 Å². The van der Waals surface area contributed by atoms with Gasteiger partial charge in [-0.15, -0.1) is 0 Å². The molecule has 0 aliphatic heterocycles. The SMILES string of the molecule is CC.CC(C)(C)C(C)(C)NC(=O)CN(CCN(CC(=O)O)CC(=O)O)CC(=O)O. The molecular formula is C19H37N3O7. The Kier molecular flexibility index (Phi) is 13.1. The van der Waals surface area contributed by atoms with Gasteiger partial charge in [-0.05, 0) is 19.3 Å². The van der Waals surface area contributed by atoms with Crippen LogP contribution < -0.4 is 5.32 Å². The summed E-state index contributed by atoms with van der Waals surface area (Å²) in [6, 6.07) is 0. The molecule has 0 spiro atoms. The number of carboxylic acid groups (broad SMARTS) is 3. The van der Waals surface area contributed by atoms with E-state index in [0.717, 1.165) is 4.90 Å². The number of carbonyl (C=O) groups is 4. The number of hydrogen-bond acceptors (Lipinski definition) is 6. The van der Waals surface area contributed by atoms with Crippen LogP contribution in [0.1, 0.15) is 48.5 Å². The minimum Gasteiger partial charge on any atom is -0.480 e. The van der Waals surface area contributed by atoms with Crippen molar-refractivity contribution in [1.82, 2.24) is 15.1 Å². The van der Waals surface area contributed by atoms with Crippen molar-refractivity contribution in [3.05, 3.63) is 0 Å². The predicted molar refractivity (Wildman–Crippen MR) is 109 cm³/mol. The summed E-state index contributed by atoms with van der Waals surface area (Å²) in [7, 11) is 0. The lowest BCUT2D eigenvalue weighted by Crippen LogP contribution is -2.55. The van der Waals surface area contributed by atoms with Gasteiger partial charge in [0.05, 0.1) is 26.2 Å². The van der Waals surface area contributed by atoms with Crippen LogP contribution in [0.25, 0.3) is 0 Å². The maximum atomic E-state index is 12.3. The Hall–Kier alpha value is -2.20. The van der Waals surface area contributed by atoms with Crippen LogP contribution in [-0.2, 0) is 19.2 Å². The second-order valence-electron chi connectivity index (χ2n) is 8.03. The molecule has 0 aromatic heterocycles. The molecule has 0 heterocycles. The predicted octanol–water partition coefficient (Wildman–Crippen LogP) is 0.811. The fraction of sp³-hybridized carbons (Fsp3) is 0.789. The van der Waals surface area contributed by atoms with Crippen molar-refractivity contribution in [2.24, 2.45) is 5.41 Å². The quantitative estimate of drug-likeness (QED) is 0.361. The number of rotatable bonds is 12. The summed E-state index contributed by atoms with van der Waals surface area (Å²) < 4.78 is 0. The fourth-order valence-electron chi connectivity index (χ4n) is 2.06. The summed E-state index contributed by atoms with van der Waals surface area (Å²) in [6.45, 7) is 12.1. The third-order valence-corrected chi connectivity index (χ3v) is 4.50. The molecule has 0 radical (unpaired) electrons. The Labute approximate surface area is 172 Å². The van der Waals surface area contributed by atoms with Crippen LogP contribution in [0.2, 0.25) is 0 Å². The molecule has 0 fully saturated rings. The van der Waals surface area contributed by atoms with E-state index in [0.29, 0.717) is 0 Å². The van der Waals surface area contributed by atoms with Crippen LogP contribution in [0, 0.1) is 5.41 Å².